The number of carbonyl (C=O) groups excluding carboxylic acids is 1. The lowest BCUT2D eigenvalue weighted by atomic mass is 10.1. The largest absolute Gasteiger partial charge is 0.490 e. The smallest absolute Gasteiger partial charge is 0.243 e. The quantitative estimate of drug-likeness (QED) is 0.821. The topological polar surface area (TPSA) is 75.7 Å². The highest BCUT2D eigenvalue weighted by atomic mass is 35.5. The number of amides is 1. The standard InChI is InChI=1S/C19H21ClN2O4S/c1-14(23)21-16-5-7-19(8-6-16)27(24,25)22-11-9-17(10-12-22)26-18-4-2-3-15(20)13-18/h2-8,13,17H,9-12H2,1H3,(H,21,23). The predicted molar refractivity (Wildman–Crippen MR) is 105 cm³/mol. The zero-order valence-electron chi connectivity index (χ0n) is 14.9. The normalized spacial score (nSPS) is 16.1. The van der Waals surface area contributed by atoms with E-state index < -0.39 is 10.0 Å². The van der Waals surface area contributed by atoms with Crippen molar-refractivity contribution in [3.63, 3.8) is 0 Å². The number of rotatable bonds is 5. The number of benzene rings is 2. The molecule has 1 amide bonds. The maximum atomic E-state index is 12.8. The summed E-state index contributed by atoms with van der Waals surface area (Å²) in [5.74, 6) is 0.491. The Bertz CT molecular complexity index is 908. The molecule has 8 heteroatoms. The van der Waals surface area contributed by atoms with E-state index in [4.69, 9.17) is 16.3 Å². The summed E-state index contributed by atoms with van der Waals surface area (Å²) in [4.78, 5) is 11.3. The third kappa shape index (κ3) is 5.00. The Kier molecular flexibility index (Phi) is 6.04. The molecule has 1 aliphatic rings. The van der Waals surface area contributed by atoms with Gasteiger partial charge in [-0.1, -0.05) is 17.7 Å². The van der Waals surface area contributed by atoms with Gasteiger partial charge in [0.25, 0.3) is 0 Å². The highest BCUT2D eigenvalue weighted by molar-refractivity contribution is 7.89. The minimum Gasteiger partial charge on any atom is -0.490 e. The molecule has 6 nitrogen and oxygen atoms in total. The van der Waals surface area contributed by atoms with E-state index in [1.807, 2.05) is 12.1 Å². The number of anilines is 1. The molecule has 144 valence electrons. The van der Waals surface area contributed by atoms with Crippen molar-refractivity contribution < 1.29 is 17.9 Å². The molecule has 0 unspecified atom stereocenters. The highest BCUT2D eigenvalue weighted by Gasteiger charge is 2.30. The highest BCUT2D eigenvalue weighted by Crippen LogP contribution is 2.25. The van der Waals surface area contributed by atoms with Crippen LogP contribution in [0.5, 0.6) is 5.75 Å². The van der Waals surface area contributed by atoms with Crippen LogP contribution in [0.1, 0.15) is 19.8 Å². The van der Waals surface area contributed by atoms with Crippen molar-refractivity contribution in [2.45, 2.75) is 30.8 Å². The average Bonchev–Trinajstić information content (AvgIpc) is 2.62. The molecule has 0 atom stereocenters. The number of carbonyl (C=O) groups is 1. The second-order valence-corrected chi connectivity index (χ2v) is 8.76. The summed E-state index contributed by atoms with van der Waals surface area (Å²) in [5.41, 5.74) is 0.565. The molecule has 1 N–H and O–H groups in total. The lowest BCUT2D eigenvalue weighted by Crippen LogP contribution is -2.41. The van der Waals surface area contributed by atoms with E-state index in [0.717, 1.165) is 0 Å². The second-order valence-electron chi connectivity index (χ2n) is 6.38. The number of hydrogen-bond acceptors (Lipinski definition) is 4. The Hall–Kier alpha value is -2.09. The third-order valence-corrected chi connectivity index (χ3v) is 6.46. The van der Waals surface area contributed by atoms with Gasteiger partial charge in [0.05, 0.1) is 4.90 Å². The fourth-order valence-electron chi connectivity index (χ4n) is 2.99. The summed E-state index contributed by atoms with van der Waals surface area (Å²) in [6, 6.07) is 13.4. The third-order valence-electron chi connectivity index (χ3n) is 4.31. The number of nitrogens with one attached hydrogen (secondary N) is 1. The fourth-order valence-corrected chi connectivity index (χ4v) is 4.64. The van der Waals surface area contributed by atoms with Gasteiger partial charge in [-0.15, -0.1) is 0 Å². The predicted octanol–water partition coefficient (Wildman–Crippen LogP) is 3.53. The molecule has 0 radical (unpaired) electrons. The van der Waals surface area contributed by atoms with Crippen LogP contribution < -0.4 is 10.1 Å². The van der Waals surface area contributed by atoms with Crippen LogP contribution in [0, 0.1) is 0 Å². The van der Waals surface area contributed by atoms with Crippen molar-refractivity contribution in [1.29, 1.82) is 0 Å². The van der Waals surface area contributed by atoms with Crippen LogP contribution >= 0.6 is 11.6 Å². The Balaban J connectivity index is 1.61. The molecule has 1 aliphatic heterocycles. The van der Waals surface area contributed by atoms with Crippen LogP contribution in [0.15, 0.2) is 53.4 Å². The first-order valence-electron chi connectivity index (χ1n) is 8.64. The van der Waals surface area contributed by atoms with Gasteiger partial charge in [-0.25, -0.2) is 8.42 Å². The van der Waals surface area contributed by atoms with Crippen LogP contribution in [0.3, 0.4) is 0 Å². The number of nitrogens with zero attached hydrogens (tertiary/aromatic N) is 1. The molecule has 1 fully saturated rings. The van der Waals surface area contributed by atoms with Gasteiger partial charge in [0.1, 0.15) is 11.9 Å². The monoisotopic (exact) mass is 408 g/mol. The van der Waals surface area contributed by atoms with Crippen molar-refractivity contribution in [3.8, 4) is 5.75 Å². The van der Waals surface area contributed by atoms with E-state index >= 15 is 0 Å². The molecular weight excluding hydrogens is 388 g/mol. The van der Waals surface area contributed by atoms with Crippen LogP contribution in [0.2, 0.25) is 5.02 Å². The number of hydrogen-bond donors (Lipinski definition) is 1. The van der Waals surface area contributed by atoms with Crippen LogP contribution in [0.4, 0.5) is 5.69 Å². The summed E-state index contributed by atoms with van der Waals surface area (Å²) in [7, 11) is -3.57. The van der Waals surface area contributed by atoms with E-state index in [2.05, 4.69) is 5.32 Å². The van der Waals surface area contributed by atoms with Crippen molar-refractivity contribution in [3.05, 3.63) is 53.6 Å². The lowest BCUT2D eigenvalue weighted by Gasteiger charge is -2.31. The van der Waals surface area contributed by atoms with Crippen LogP contribution in [0.25, 0.3) is 0 Å². The Morgan fingerprint density at radius 1 is 1.15 bits per heavy atom. The van der Waals surface area contributed by atoms with Gasteiger partial charge in [0.15, 0.2) is 0 Å². The van der Waals surface area contributed by atoms with E-state index in [1.165, 1.54) is 23.4 Å². The van der Waals surface area contributed by atoms with Gasteiger partial charge in [-0.2, -0.15) is 4.31 Å². The zero-order chi connectivity index (χ0) is 19.4. The van der Waals surface area contributed by atoms with E-state index in [9.17, 15) is 13.2 Å². The van der Waals surface area contributed by atoms with Crippen molar-refractivity contribution in [2.24, 2.45) is 0 Å². The van der Waals surface area contributed by atoms with Gasteiger partial charge in [0.2, 0.25) is 15.9 Å². The molecule has 0 spiro atoms. The van der Waals surface area contributed by atoms with Gasteiger partial charge in [-0.3, -0.25) is 4.79 Å². The van der Waals surface area contributed by atoms with Gasteiger partial charge in [0, 0.05) is 30.7 Å². The van der Waals surface area contributed by atoms with Gasteiger partial charge in [-0.05, 0) is 55.3 Å². The molecule has 0 bridgehead atoms. The first-order valence-corrected chi connectivity index (χ1v) is 10.5. The molecule has 0 aromatic heterocycles. The molecule has 1 heterocycles. The van der Waals surface area contributed by atoms with Crippen LogP contribution in [-0.2, 0) is 14.8 Å². The number of halogens is 1. The molecule has 0 aliphatic carbocycles. The summed E-state index contributed by atoms with van der Waals surface area (Å²) in [5, 5.41) is 3.23. The Morgan fingerprint density at radius 3 is 2.41 bits per heavy atom. The summed E-state index contributed by atoms with van der Waals surface area (Å²) in [6.07, 6.45) is 1.17. The fraction of sp³-hybridized carbons (Fsp3) is 0.316. The lowest BCUT2D eigenvalue weighted by molar-refractivity contribution is -0.114. The molecule has 1 saturated heterocycles. The molecule has 2 aromatic carbocycles. The average molecular weight is 409 g/mol. The molecule has 2 aromatic rings. The SMILES string of the molecule is CC(=O)Nc1ccc(S(=O)(=O)N2CCC(Oc3cccc(Cl)c3)CC2)cc1. The number of sulfonamides is 1. The summed E-state index contributed by atoms with van der Waals surface area (Å²) >= 11 is 5.96. The summed E-state index contributed by atoms with van der Waals surface area (Å²) in [6.45, 7) is 2.18. The van der Waals surface area contributed by atoms with Crippen LogP contribution in [-0.4, -0.2) is 37.8 Å². The van der Waals surface area contributed by atoms with Gasteiger partial charge >= 0.3 is 0 Å². The number of piperidine rings is 1. The van der Waals surface area contributed by atoms with Gasteiger partial charge < -0.3 is 10.1 Å². The van der Waals surface area contributed by atoms with E-state index in [0.29, 0.717) is 42.4 Å². The molecule has 3 rings (SSSR count). The first-order chi connectivity index (χ1) is 12.8. The van der Waals surface area contributed by atoms with Crippen molar-refractivity contribution in [1.82, 2.24) is 4.31 Å². The second kappa shape index (κ2) is 8.29. The number of ether oxygens (including phenoxy) is 1. The minimum atomic E-state index is -3.57. The minimum absolute atomic E-state index is 0.0444. The van der Waals surface area contributed by atoms with E-state index in [-0.39, 0.29) is 16.9 Å². The molecule has 27 heavy (non-hydrogen) atoms. The Morgan fingerprint density at radius 2 is 1.81 bits per heavy atom. The van der Waals surface area contributed by atoms with Crippen molar-refractivity contribution >= 4 is 33.2 Å². The first kappa shape index (κ1) is 19.7. The van der Waals surface area contributed by atoms with Crippen molar-refractivity contribution in [2.75, 3.05) is 18.4 Å². The summed E-state index contributed by atoms with van der Waals surface area (Å²) < 4.78 is 33.0. The molecule has 0 saturated carbocycles. The van der Waals surface area contributed by atoms with E-state index in [1.54, 1.807) is 24.3 Å². The zero-order valence-corrected chi connectivity index (χ0v) is 16.5. The maximum Gasteiger partial charge on any atom is 0.243 e. The molecular formula is C19H21ClN2O4S. The maximum absolute atomic E-state index is 12.8. The Labute approximate surface area is 164 Å².